The number of β-lactam (4-membered cyclic amide) rings is 1. The van der Waals surface area contributed by atoms with Gasteiger partial charge in [0.15, 0.2) is 0 Å². The second-order valence-corrected chi connectivity index (χ2v) is 7.71. The molecule has 1 aliphatic rings. The molecule has 1 unspecified atom stereocenters. The number of hydrogen-bond donors (Lipinski definition) is 0. The zero-order chi connectivity index (χ0) is 20.2. The molecule has 1 aromatic heterocycles. The lowest BCUT2D eigenvalue weighted by atomic mass is 9.91. The van der Waals surface area contributed by atoms with E-state index in [9.17, 15) is 9.18 Å². The molecule has 1 amide bonds. The predicted molar refractivity (Wildman–Crippen MR) is 118 cm³/mol. The summed E-state index contributed by atoms with van der Waals surface area (Å²) >= 11 is 0. The largest absolute Gasteiger partial charge is 0.302 e. The molecule has 144 valence electrons. The maximum Gasteiger partial charge on any atom is 0.230 e. The van der Waals surface area contributed by atoms with Gasteiger partial charge in [0, 0.05) is 5.39 Å². The van der Waals surface area contributed by atoms with Gasteiger partial charge in [-0.25, -0.2) is 4.39 Å². The first-order valence-electron chi connectivity index (χ1n) is 9.97. The van der Waals surface area contributed by atoms with Crippen molar-refractivity contribution in [3.63, 3.8) is 0 Å². The molecule has 3 nitrogen and oxygen atoms in total. The van der Waals surface area contributed by atoms with Crippen molar-refractivity contribution in [3.05, 3.63) is 96.6 Å². The normalized spacial score (nSPS) is 16.4. The van der Waals surface area contributed by atoms with Gasteiger partial charge in [-0.05, 0) is 45.1 Å². The van der Waals surface area contributed by atoms with E-state index in [1.165, 1.54) is 12.3 Å². The first-order chi connectivity index (χ1) is 14.7. The summed E-state index contributed by atoms with van der Waals surface area (Å²) in [5, 5.41) is 6.75. The van der Waals surface area contributed by atoms with Crippen LogP contribution in [-0.4, -0.2) is 10.9 Å². The van der Waals surface area contributed by atoms with Crippen LogP contribution in [0.4, 0.5) is 10.1 Å². The Morgan fingerprint density at radius 1 is 0.800 bits per heavy atom. The van der Waals surface area contributed by atoms with Crippen molar-refractivity contribution in [1.29, 1.82) is 0 Å². The van der Waals surface area contributed by atoms with Gasteiger partial charge in [-0.2, -0.15) is 0 Å². The van der Waals surface area contributed by atoms with Crippen LogP contribution in [0.3, 0.4) is 0 Å². The number of anilines is 1. The van der Waals surface area contributed by atoms with Crippen LogP contribution in [0.1, 0.15) is 18.2 Å². The molecule has 0 bridgehead atoms. The average molecular weight is 392 g/mol. The Labute approximate surface area is 172 Å². The van der Waals surface area contributed by atoms with Crippen LogP contribution in [0, 0.1) is 5.82 Å². The maximum atomic E-state index is 13.4. The molecular formula is C26H17FN2O. The van der Waals surface area contributed by atoms with E-state index >= 15 is 0 Å². The lowest BCUT2D eigenvalue weighted by Gasteiger charge is -2.40. The summed E-state index contributed by atoms with van der Waals surface area (Å²) in [6.07, 6.45) is 1.59. The van der Waals surface area contributed by atoms with Crippen LogP contribution >= 0.6 is 0 Å². The number of pyridine rings is 1. The third-order valence-electron chi connectivity index (χ3n) is 6.04. The Morgan fingerprint density at radius 2 is 1.53 bits per heavy atom. The molecule has 1 saturated heterocycles. The molecule has 0 aliphatic carbocycles. The fraction of sp³-hybridized carbons (Fsp3) is 0.0769. The molecule has 2 heterocycles. The number of rotatable bonds is 2. The van der Waals surface area contributed by atoms with Crippen LogP contribution in [0.2, 0.25) is 0 Å². The van der Waals surface area contributed by atoms with E-state index in [2.05, 4.69) is 47.4 Å². The predicted octanol–water partition coefficient (Wildman–Crippen LogP) is 6.16. The van der Waals surface area contributed by atoms with Gasteiger partial charge in [0.05, 0.1) is 30.0 Å². The molecule has 0 spiro atoms. The lowest BCUT2D eigenvalue weighted by Crippen LogP contribution is -2.47. The number of carbonyl (C=O) groups is 1. The Bertz CT molecular complexity index is 1460. The van der Waals surface area contributed by atoms with E-state index in [4.69, 9.17) is 0 Å². The Hall–Kier alpha value is -3.79. The van der Waals surface area contributed by atoms with E-state index in [-0.39, 0.29) is 17.8 Å². The molecule has 0 N–H and O–H groups in total. The second kappa shape index (κ2) is 6.36. The number of benzene rings is 4. The van der Waals surface area contributed by atoms with E-state index < -0.39 is 0 Å². The number of nitrogens with zero attached hydrogens (tertiary/aromatic N) is 2. The molecule has 5 aromatic rings. The fourth-order valence-electron chi connectivity index (χ4n) is 4.58. The van der Waals surface area contributed by atoms with Crippen molar-refractivity contribution in [2.75, 3.05) is 4.90 Å². The van der Waals surface area contributed by atoms with Crippen molar-refractivity contribution < 1.29 is 9.18 Å². The van der Waals surface area contributed by atoms with Crippen LogP contribution in [0.15, 0.2) is 85.1 Å². The average Bonchev–Trinajstić information content (AvgIpc) is 2.78. The summed E-state index contributed by atoms with van der Waals surface area (Å²) in [4.78, 5) is 18.8. The molecule has 1 aliphatic heterocycles. The standard InChI is InChI=1S/C26H17FN2O/c27-17-10-12-23(28-15-17)25-14-26(30)29(25)24-13-22-18-6-2-1-5-16(18)9-11-20(22)19-7-3-4-8-21(19)24/h1-13,15,25H,14H2. The van der Waals surface area contributed by atoms with E-state index in [1.807, 2.05) is 29.2 Å². The molecule has 1 atom stereocenters. The maximum absolute atomic E-state index is 13.4. The number of fused-ring (bicyclic) bond motifs is 5. The highest BCUT2D eigenvalue weighted by molar-refractivity contribution is 6.22. The van der Waals surface area contributed by atoms with Crippen molar-refractivity contribution in [1.82, 2.24) is 4.98 Å². The number of amides is 1. The zero-order valence-corrected chi connectivity index (χ0v) is 16.0. The lowest BCUT2D eigenvalue weighted by molar-refractivity contribution is -0.124. The summed E-state index contributed by atoms with van der Waals surface area (Å²) in [5.41, 5.74) is 1.58. The Kier molecular flexibility index (Phi) is 3.62. The topological polar surface area (TPSA) is 33.2 Å². The van der Waals surface area contributed by atoms with Crippen LogP contribution < -0.4 is 4.90 Å². The van der Waals surface area contributed by atoms with Crippen molar-refractivity contribution in [2.24, 2.45) is 0 Å². The third-order valence-corrected chi connectivity index (χ3v) is 6.04. The second-order valence-electron chi connectivity index (χ2n) is 7.71. The van der Waals surface area contributed by atoms with Gasteiger partial charge in [-0.1, -0.05) is 60.7 Å². The zero-order valence-electron chi connectivity index (χ0n) is 16.0. The highest BCUT2D eigenvalue weighted by Crippen LogP contribution is 2.44. The van der Waals surface area contributed by atoms with Gasteiger partial charge in [-0.15, -0.1) is 0 Å². The van der Waals surface area contributed by atoms with Gasteiger partial charge in [0.25, 0.3) is 0 Å². The van der Waals surface area contributed by atoms with Crippen LogP contribution in [0.25, 0.3) is 32.3 Å². The highest BCUT2D eigenvalue weighted by atomic mass is 19.1. The Morgan fingerprint density at radius 3 is 2.30 bits per heavy atom. The fourth-order valence-corrected chi connectivity index (χ4v) is 4.58. The SMILES string of the molecule is O=C1CC(c2ccc(F)cn2)N1c1cc2c3ccccc3ccc2c2ccccc12. The van der Waals surface area contributed by atoms with E-state index in [1.54, 1.807) is 6.07 Å². The summed E-state index contributed by atoms with van der Waals surface area (Å²) in [7, 11) is 0. The number of aromatic nitrogens is 1. The molecule has 0 saturated carbocycles. The first-order valence-corrected chi connectivity index (χ1v) is 9.97. The monoisotopic (exact) mass is 392 g/mol. The summed E-state index contributed by atoms with van der Waals surface area (Å²) in [6.45, 7) is 0. The van der Waals surface area contributed by atoms with Crippen molar-refractivity contribution >= 4 is 43.9 Å². The van der Waals surface area contributed by atoms with E-state index in [0.29, 0.717) is 12.1 Å². The number of halogens is 1. The van der Waals surface area contributed by atoms with Gasteiger partial charge in [-0.3, -0.25) is 9.78 Å². The van der Waals surface area contributed by atoms with Gasteiger partial charge in [0.2, 0.25) is 5.91 Å². The molecular weight excluding hydrogens is 375 g/mol. The smallest absolute Gasteiger partial charge is 0.230 e. The molecule has 1 fully saturated rings. The molecule has 4 aromatic carbocycles. The van der Waals surface area contributed by atoms with E-state index in [0.717, 1.165) is 38.0 Å². The quantitative estimate of drug-likeness (QED) is 0.266. The summed E-state index contributed by atoms with van der Waals surface area (Å²) < 4.78 is 13.4. The molecule has 30 heavy (non-hydrogen) atoms. The van der Waals surface area contributed by atoms with Crippen LogP contribution in [-0.2, 0) is 4.79 Å². The minimum absolute atomic E-state index is 0.0517. The Balaban J connectivity index is 1.63. The summed E-state index contributed by atoms with van der Waals surface area (Å²) in [5.74, 6) is -0.325. The number of carbonyl (C=O) groups excluding carboxylic acids is 1. The minimum Gasteiger partial charge on any atom is -0.302 e. The minimum atomic E-state index is -0.376. The summed E-state index contributed by atoms with van der Waals surface area (Å²) in [6, 6.07) is 25.8. The van der Waals surface area contributed by atoms with Crippen molar-refractivity contribution in [3.8, 4) is 0 Å². The van der Waals surface area contributed by atoms with Gasteiger partial charge in [0.1, 0.15) is 5.82 Å². The van der Waals surface area contributed by atoms with Gasteiger partial charge >= 0.3 is 0 Å². The molecule has 4 heteroatoms. The molecule has 0 radical (unpaired) electrons. The highest BCUT2D eigenvalue weighted by Gasteiger charge is 2.40. The molecule has 6 rings (SSSR count). The first kappa shape index (κ1) is 17.1. The van der Waals surface area contributed by atoms with Crippen LogP contribution in [0.5, 0.6) is 0 Å². The van der Waals surface area contributed by atoms with Crippen molar-refractivity contribution in [2.45, 2.75) is 12.5 Å². The third kappa shape index (κ3) is 2.43. The number of hydrogen-bond acceptors (Lipinski definition) is 2. The van der Waals surface area contributed by atoms with Gasteiger partial charge < -0.3 is 4.90 Å².